The van der Waals surface area contributed by atoms with Gasteiger partial charge in [0.2, 0.25) is 0 Å². The first-order valence-corrected chi connectivity index (χ1v) is 3.97. The molecular formula is C7H14N2O4. The molecule has 0 aliphatic heterocycles. The quantitative estimate of drug-likeness (QED) is 0.544. The third kappa shape index (κ3) is 5.92. The molecule has 0 saturated heterocycles. The van der Waals surface area contributed by atoms with Gasteiger partial charge in [-0.15, -0.1) is 0 Å². The third-order valence-corrected chi connectivity index (χ3v) is 1.22. The van der Waals surface area contributed by atoms with E-state index in [9.17, 15) is 9.59 Å². The largest absolute Gasteiger partial charge is 0.480 e. The van der Waals surface area contributed by atoms with Gasteiger partial charge in [0.1, 0.15) is 6.04 Å². The SMILES string of the molecule is CCCOC(=O)NC[C@H](N)C(=O)O. The summed E-state index contributed by atoms with van der Waals surface area (Å²) in [5, 5.41) is 10.6. The van der Waals surface area contributed by atoms with Crippen LogP contribution in [0.2, 0.25) is 0 Å². The Morgan fingerprint density at radius 3 is 2.69 bits per heavy atom. The van der Waals surface area contributed by atoms with Crippen LogP contribution in [0.3, 0.4) is 0 Å². The Labute approximate surface area is 76.0 Å². The highest BCUT2D eigenvalue weighted by Crippen LogP contribution is 1.82. The van der Waals surface area contributed by atoms with Gasteiger partial charge in [0.05, 0.1) is 6.61 Å². The van der Waals surface area contributed by atoms with Crippen LogP contribution in [-0.2, 0) is 9.53 Å². The molecule has 0 aliphatic rings. The number of nitrogens with one attached hydrogen (secondary N) is 1. The highest BCUT2D eigenvalue weighted by molar-refractivity contribution is 5.75. The van der Waals surface area contributed by atoms with Crippen LogP contribution in [0.5, 0.6) is 0 Å². The van der Waals surface area contributed by atoms with E-state index in [2.05, 4.69) is 10.1 Å². The number of hydrogen-bond donors (Lipinski definition) is 3. The molecule has 1 atom stereocenters. The molecule has 6 heteroatoms. The summed E-state index contributed by atoms with van der Waals surface area (Å²) in [6.45, 7) is 2.04. The zero-order valence-electron chi connectivity index (χ0n) is 7.45. The maximum absolute atomic E-state index is 10.7. The molecule has 6 nitrogen and oxygen atoms in total. The maximum Gasteiger partial charge on any atom is 0.407 e. The molecule has 0 radical (unpaired) electrons. The Bertz CT molecular complexity index is 183. The van der Waals surface area contributed by atoms with Gasteiger partial charge in [0.25, 0.3) is 0 Å². The Hall–Kier alpha value is -1.30. The summed E-state index contributed by atoms with van der Waals surface area (Å²) in [5.74, 6) is -1.16. The van der Waals surface area contributed by atoms with Crippen LogP contribution in [0.4, 0.5) is 4.79 Å². The van der Waals surface area contributed by atoms with E-state index in [-0.39, 0.29) is 6.54 Å². The first kappa shape index (κ1) is 11.7. The van der Waals surface area contributed by atoms with E-state index < -0.39 is 18.1 Å². The summed E-state index contributed by atoms with van der Waals surface area (Å²) in [6.07, 6.45) is 0.0804. The number of carbonyl (C=O) groups excluding carboxylic acids is 1. The van der Waals surface area contributed by atoms with Gasteiger partial charge < -0.3 is 20.9 Å². The lowest BCUT2D eigenvalue weighted by molar-refractivity contribution is -0.138. The topological polar surface area (TPSA) is 102 Å². The summed E-state index contributed by atoms with van der Waals surface area (Å²) in [7, 11) is 0. The molecular weight excluding hydrogens is 176 g/mol. The van der Waals surface area contributed by atoms with Crippen LogP contribution in [0.25, 0.3) is 0 Å². The number of rotatable bonds is 5. The van der Waals surface area contributed by atoms with E-state index in [0.717, 1.165) is 6.42 Å². The number of ether oxygens (including phenoxy) is 1. The summed E-state index contributed by atoms with van der Waals surface area (Å²) in [5.41, 5.74) is 5.12. The number of carboxylic acid groups (broad SMARTS) is 1. The van der Waals surface area contributed by atoms with Crippen molar-refractivity contribution in [3.05, 3.63) is 0 Å². The fourth-order valence-electron chi connectivity index (χ4n) is 0.526. The molecule has 0 aromatic rings. The summed E-state index contributed by atoms with van der Waals surface area (Å²) in [6, 6.07) is -1.09. The van der Waals surface area contributed by atoms with E-state index in [1.807, 2.05) is 6.92 Å². The second-order valence-electron chi connectivity index (χ2n) is 2.46. The highest BCUT2D eigenvalue weighted by atomic mass is 16.5. The van der Waals surface area contributed by atoms with Crippen LogP contribution < -0.4 is 11.1 Å². The molecule has 0 heterocycles. The number of nitrogens with two attached hydrogens (primary N) is 1. The van der Waals surface area contributed by atoms with Crippen molar-refractivity contribution in [2.75, 3.05) is 13.2 Å². The predicted octanol–water partition coefficient (Wildman–Crippen LogP) is -0.465. The van der Waals surface area contributed by atoms with E-state index in [1.165, 1.54) is 0 Å². The second-order valence-corrected chi connectivity index (χ2v) is 2.46. The Balaban J connectivity index is 3.52. The van der Waals surface area contributed by atoms with Crippen molar-refractivity contribution in [3.63, 3.8) is 0 Å². The van der Waals surface area contributed by atoms with Crippen molar-refractivity contribution < 1.29 is 19.4 Å². The number of amides is 1. The van der Waals surface area contributed by atoms with Crippen molar-refractivity contribution in [3.8, 4) is 0 Å². The van der Waals surface area contributed by atoms with E-state index in [4.69, 9.17) is 10.8 Å². The van der Waals surface area contributed by atoms with Crippen molar-refractivity contribution in [2.45, 2.75) is 19.4 Å². The molecule has 0 aromatic heterocycles. The van der Waals surface area contributed by atoms with Crippen molar-refractivity contribution in [1.82, 2.24) is 5.32 Å². The first-order chi connectivity index (χ1) is 6.07. The first-order valence-electron chi connectivity index (χ1n) is 3.97. The van der Waals surface area contributed by atoms with Gasteiger partial charge in [-0.25, -0.2) is 4.79 Å². The Kier molecular flexibility index (Phi) is 5.62. The van der Waals surface area contributed by atoms with Crippen molar-refractivity contribution in [2.24, 2.45) is 5.73 Å². The zero-order chi connectivity index (χ0) is 10.3. The van der Waals surface area contributed by atoms with Crippen LogP contribution in [-0.4, -0.2) is 36.4 Å². The number of aliphatic carboxylic acids is 1. The lowest BCUT2D eigenvalue weighted by atomic mass is 10.3. The molecule has 0 fully saturated rings. The summed E-state index contributed by atoms with van der Waals surface area (Å²) < 4.78 is 4.62. The van der Waals surface area contributed by atoms with Crippen LogP contribution >= 0.6 is 0 Å². The Morgan fingerprint density at radius 2 is 2.23 bits per heavy atom. The van der Waals surface area contributed by atoms with Gasteiger partial charge in [0.15, 0.2) is 0 Å². The molecule has 0 spiro atoms. The minimum atomic E-state index is -1.16. The fraction of sp³-hybridized carbons (Fsp3) is 0.714. The average Bonchev–Trinajstić information content (AvgIpc) is 2.10. The lowest BCUT2D eigenvalue weighted by Gasteiger charge is -2.08. The predicted molar refractivity (Wildman–Crippen MR) is 45.3 cm³/mol. The Morgan fingerprint density at radius 1 is 1.62 bits per heavy atom. The average molecular weight is 190 g/mol. The molecule has 0 rings (SSSR count). The lowest BCUT2D eigenvalue weighted by Crippen LogP contribution is -2.42. The van der Waals surface area contributed by atoms with Gasteiger partial charge in [-0.3, -0.25) is 4.79 Å². The zero-order valence-corrected chi connectivity index (χ0v) is 7.45. The van der Waals surface area contributed by atoms with Crippen molar-refractivity contribution >= 4 is 12.1 Å². The molecule has 13 heavy (non-hydrogen) atoms. The summed E-state index contributed by atoms with van der Waals surface area (Å²) in [4.78, 5) is 21.0. The molecule has 4 N–H and O–H groups in total. The molecule has 0 bridgehead atoms. The van der Waals surface area contributed by atoms with Crippen LogP contribution in [0.15, 0.2) is 0 Å². The van der Waals surface area contributed by atoms with Gasteiger partial charge in [-0.2, -0.15) is 0 Å². The molecule has 76 valence electrons. The van der Waals surface area contributed by atoms with Crippen LogP contribution in [0, 0.1) is 0 Å². The van der Waals surface area contributed by atoms with Gasteiger partial charge in [-0.05, 0) is 6.42 Å². The summed E-state index contributed by atoms with van der Waals surface area (Å²) >= 11 is 0. The van der Waals surface area contributed by atoms with E-state index in [1.54, 1.807) is 0 Å². The van der Waals surface area contributed by atoms with E-state index in [0.29, 0.717) is 6.61 Å². The monoisotopic (exact) mass is 190 g/mol. The van der Waals surface area contributed by atoms with Gasteiger partial charge in [-0.1, -0.05) is 6.92 Å². The maximum atomic E-state index is 10.7. The second kappa shape index (κ2) is 6.24. The smallest absolute Gasteiger partial charge is 0.407 e. The third-order valence-electron chi connectivity index (χ3n) is 1.22. The number of carbonyl (C=O) groups is 2. The molecule has 0 unspecified atom stereocenters. The number of hydrogen-bond acceptors (Lipinski definition) is 4. The van der Waals surface area contributed by atoms with E-state index >= 15 is 0 Å². The van der Waals surface area contributed by atoms with Gasteiger partial charge >= 0.3 is 12.1 Å². The minimum absolute atomic E-state index is 0.127. The molecule has 1 amide bonds. The minimum Gasteiger partial charge on any atom is -0.480 e. The molecule has 0 saturated carbocycles. The molecule has 0 aliphatic carbocycles. The number of alkyl carbamates (subject to hydrolysis) is 1. The normalized spacial score (nSPS) is 11.8. The number of carboxylic acids is 1. The van der Waals surface area contributed by atoms with Crippen molar-refractivity contribution in [1.29, 1.82) is 0 Å². The fourth-order valence-corrected chi connectivity index (χ4v) is 0.526. The standard InChI is InChI=1S/C7H14N2O4/c1-2-3-13-7(12)9-4-5(8)6(10)11/h5H,2-4,8H2,1H3,(H,9,12)(H,10,11)/t5-/m0/s1. The van der Waals surface area contributed by atoms with Gasteiger partial charge in [0, 0.05) is 6.54 Å². The highest BCUT2D eigenvalue weighted by Gasteiger charge is 2.12. The molecule has 0 aromatic carbocycles. The van der Waals surface area contributed by atoms with Crippen LogP contribution in [0.1, 0.15) is 13.3 Å².